The molecule has 1 rings (SSSR count). The van der Waals surface area contributed by atoms with Gasteiger partial charge in [-0.15, -0.1) is 0 Å². The Bertz CT molecular complexity index is 527. The van der Waals surface area contributed by atoms with Gasteiger partial charge in [0, 0.05) is 21.7 Å². The number of rotatable bonds is 7. The average molecular weight is 359 g/mol. The molecule has 0 atom stereocenters. The molecular weight excluding hydrogens is 338 g/mol. The first-order valence-electron chi connectivity index (χ1n) is 7.09. The molecule has 4 heteroatoms. The van der Waals surface area contributed by atoms with Crippen LogP contribution in [-0.4, -0.2) is 6.61 Å². The summed E-state index contributed by atoms with van der Waals surface area (Å²) in [5, 5.41) is 0. The first kappa shape index (κ1) is 17.9. The van der Waals surface area contributed by atoms with Crippen LogP contribution in [0.25, 0.3) is 4.48 Å². The average Bonchev–Trinajstić information content (AvgIpc) is 2.38. The summed E-state index contributed by atoms with van der Waals surface area (Å²) in [4.78, 5) is 0. The fraction of sp³-hybridized carbons (Fsp3) is 0.412. The van der Waals surface area contributed by atoms with E-state index >= 15 is 0 Å². The molecule has 0 fully saturated rings. The third-order valence-corrected chi connectivity index (χ3v) is 4.05. The highest BCUT2D eigenvalue weighted by Crippen LogP contribution is 2.35. The van der Waals surface area contributed by atoms with Crippen molar-refractivity contribution in [2.45, 2.75) is 40.0 Å². The van der Waals surface area contributed by atoms with Gasteiger partial charge in [-0.05, 0) is 54.2 Å². The SMILES string of the molecule is C=C(OCC)/C(CCCC)=C(\Br)c1c(C)cc(F)cc1F. The van der Waals surface area contributed by atoms with E-state index in [1.165, 1.54) is 6.07 Å². The van der Waals surface area contributed by atoms with Crippen LogP contribution < -0.4 is 0 Å². The molecule has 0 saturated carbocycles. The molecule has 0 spiro atoms. The van der Waals surface area contributed by atoms with Gasteiger partial charge < -0.3 is 4.74 Å². The Morgan fingerprint density at radius 3 is 2.48 bits per heavy atom. The molecule has 116 valence electrons. The van der Waals surface area contributed by atoms with Crippen molar-refractivity contribution in [1.82, 2.24) is 0 Å². The first-order valence-corrected chi connectivity index (χ1v) is 7.88. The number of hydrogen-bond acceptors (Lipinski definition) is 1. The summed E-state index contributed by atoms with van der Waals surface area (Å²) in [6.07, 6.45) is 2.68. The van der Waals surface area contributed by atoms with Gasteiger partial charge in [0.15, 0.2) is 0 Å². The van der Waals surface area contributed by atoms with Crippen molar-refractivity contribution in [2.75, 3.05) is 6.61 Å². The molecule has 1 nitrogen and oxygen atoms in total. The highest BCUT2D eigenvalue weighted by atomic mass is 79.9. The lowest BCUT2D eigenvalue weighted by atomic mass is 10.0. The molecule has 0 amide bonds. The van der Waals surface area contributed by atoms with Gasteiger partial charge in [0.2, 0.25) is 0 Å². The van der Waals surface area contributed by atoms with Gasteiger partial charge in [-0.3, -0.25) is 0 Å². The van der Waals surface area contributed by atoms with E-state index in [1.54, 1.807) is 6.92 Å². The van der Waals surface area contributed by atoms with Crippen LogP contribution in [-0.2, 0) is 4.74 Å². The molecule has 0 radical (unpaired) electrons. The predicted molar refractivity (Wildman–Crippen MR) is 87.2 cm³/mol. The Morgan fingerprint density at radius 2 is 1.95 bits per heavy atom. The van der Waals surface area contributed by atoms with Crippen molar-refractivity contribution in [3.63, 3.8) is 0 Å². The van der Waals surface area contributed by atoms with E-state index in [1.807, 2.05) is 6.92 Å². The molecule has 1 aromatic rings. The zero-order chi connectivity index (χ0) is 16.0. The molecule has 21 heavy (non-hydrogen) atoms. The molecule has 0 bridgehead atoms. The third kappa shape index (κ3) is 4.67. The summed E-state index contributed by atoms with van der Waals surface area (Å²) in [5.74, 6) is -0.633. The second-order valence-corrected chi connectivity index (χ2v) is 5.62. The van der Waals surface area contributed by atoms with E-state index in [9.17, 15) is 8.78 Å². The molecule has 0 saturated heterocycles. The highest BCUT2D eigenvalue weighted by molar-refractivity contribution is 9.15. The maximum absolute atomic E-state index is 14.1. The van der Waals surface area contributed by atoms with Crippen LogP contribution in [0.3, 0.4) is 0 Å². The number of hydrogen-bond donors (Lipinski definition) is 0. The number of benzene rings is 1. The van der Waals surface area contributed by atoms with Crippen molar-refractivity contribution < 1.29 is 13.5 Å². The fourth-order valence-electron chi connectivity index (χ4n) is 2.12. The van der Waals surface area contributed by atoms with Crippen LogP contribution >= 0.6 is 15.9 Å². The fourth-order valence-corrected chi connectivity index (χ4v) is 3.04. The number of aryl methyl sites for hydroxylation is 1. The topological polar surface area (TPSA) is 9.23 Å². The predicted octanol–water partition coefficient (Wildman–Crippen LogP) is 6.12. The third-order valence-electron chi connectivity index (χ3n) is 3.17. The van der Waals surface area contributed by atoms with E-state index in [-0.39, 0.29) is 0 Å². The molecule has 0 N–H and O–H groups in total. The lowest BCUT2D eigenvalue weighted by molar-refractivity contribution is 0.237. The van der Waals surface area contributed by atoms with Crippen LogP contribution in [0.5, 0.6) is 0 Å². The normalized spacial score (nSPS) is 12.1. The standard InChI is InChI=1S/C17H21BrF2O/c1-5-7-8-14(12(4)21-6-2)17(18)16-11(3)9-13(19)10-15(16)20/h9-10H,4-8H2,1-3H3/b17-14-. The van der Waals surface area contributed by atoms with Crippen LogP contribution in [0.4, 0.5) is 8.78 Å². The number of unbranched alkanes of at least 4 members (excludes halogenated alkanes) is 1. The van der Waals surface area contributed by atoms with Crippen molar-refractivity contribution >= 4 is 20.4 Å². The van der Waals surface area contributed by atoms with Crippen LogP contribution in [0.15, 0.2) is 30.0 Å². The van der Waals surface area contributed by atoms with Gasteiger partial charge in [-0.2, -0.15) is 0 Å². The summed E-state index contributed by atoms with van der Waals surface area (Å²) in [7, 11) is 0. The summed E-state index contributed by atoms with van der Waals surface area (Å²) in [6.45, 7) is 10.1. The number of ether oxygens (including phenoxy) is 1. The van der Waals surface area contributed by atoms with Gasteiger partial charge in [0.05, 0.1) is 6.61 Å². The Kier molecular flexibility index (Phi) is 7.09. The van der Waals surface area contributed by atoms with Gasteiger partial charge >= 0.3 is 0 Å². The van der Waals surface area contributed by atoms with Crippen molar-refractivity contribution in [1.29, 1.82) is 0 Å². The minimum absolute atomic E-state index is 0.364. The smallest absolute Gasteiger partial charge is 0.134 e. The maximum Gasteiger partial charge on any atom is 0.134 e. The molecule has 0 unspecified atom stereocenters. The Labute approximate surface area is 133 Å². The van der Waals surface area contributed by atoms with Crippen LogP contribution in [0.1, 0.15) is 44.2 Å². The van der Waals surface area contributed by atoms with Crippen molar-refractivity contribution in [3.05, 3.63) is 52.8 Å². The van der Waals surface area contributed by atoms with E-state index in [2.05, 4.69) is 29.4 Å². The first-order chi connectivity index (χ1) is 9.92. The molecule has 0 heterocycles. The van der Waals surface area contributed by atoms with Crippen molar-refractivity contribution in [3.8, 4) is 0 Å². The summed E-state index contributed by atoms with van der Waals surface area (Å²) in [6, 6.07) is 2.21. The summed E-state index contributed by atoms with van der Waals surface area (Å²) < 4.78 is 33.4. The largest absolute Gasteiger partial charge is 0.494 e. The van der Waals surface area contributed by atoms with Crippen LogP contribution in [0, 0.1) is 18.6 Å². The minimum Gasteiger partial charge on any atom is -0.494 e. The zero-order valence-corrected chi connectivity index (χ0v) is 14.3. The molecular formula is C17H21BrF2O. The van der Waals surface area contributed by atoms with E-state index < -0.39 is 11.6 Å². The lowest BCUT2D eigenvalue weighted by Gasteiger charge is -2.16. The number of allylic oxidation sites excluding steroid dienone is 1. The van der Waals surface area contributed by atoms with E-state index in [0.29, 0.717) is 28.0 Å². The Morgan fingerprint density at radius 1 is 1.29 bits per heavy atom. The molecule has 0 aliphatic heterocycles. The number of halogens is 3. The van der Waals surface area contributed by atoms with Gasteiger partial charge in [0.25, 0.3) is 0 Å². The van der Waals surface area contributed by atoms with Gasteiger partial charge in [-0.25, -0.2) is 8.78 Å². The molecule has 1 aromatic carbocycles. The second-order valence-electron chi connectivity index (χ2n) is 4.83. The molecule has 0 aliphatic rings. The van der Waals surface area contributed by atoms with E-state index in [4.69, 9.17) is 4.74 Å². The molecule has 0 aromatic heterocycles. The summed E-state index contributed by atoms with van der Waals surface area (Å²) >= 11 is 3.46. The van der Waals surface area contributed by atoms with Gasteiger partial charge in [0.1, 0.15) is 17.4 Å². The quantitative estimate of drug-likeness (QED) is 0.421. The van der Waals surface area contributed by atoms with Gasteiger partial charge in [-0.1, -0.05) is 19.9 Å². The Hall–Kier alpha value is -1.16. The van der Waals surface area contributed by atoms with Crippen molar-refractivity contribution in [2.24, 2.45) is 0 Å². The Balaban J connectivity index is 3.35. The second kappa shape index (κ2) is 8.32. The maximum atomic E-state index is 14.1. The van der Waals surface area contributed by atoms with E-state index in [0.717, 1.165) is 30.9 Å². The van der Waals surface area contributed by atoms with Crippen LogP contribution in [0.2, 0.25) is 0 Å². The minimum atomic E-state index is -0.585. The monoisotopic (exact) mass is 358 g/mol. The molecule has 0 aliphatic carbocycles. The zero-order valence-electron chi connectivity index (χ0n) is 12.7. The lowest BCUT2D eigenvalue weighted by Crippen LogP contribution is -2.00. The summed E-state index contributed by atoms with van der Waals surface area (Å²) in [5.41, 5.74) is 1.73. The highest BCUT2D eigenvalue weighted by Gasteiger charge is 2.17.